The molecule has 0 spiro atoms. The van der Waals surface area contributed by atoms with E-state index in [1.54, 1.807) is 0 Å². The van der Waals surface area contributed by atoms with Crippen LogP contribution in [-0.2, 0) is 4.79 Å². The molecule has 0 heterocycles. The van der Waals surface area contributed by atoms with Crippen molar-refractivity contribution in [2.45, 2.75) is 45.3 Å². The number of hydrogen-bond acceptors (Lipinski definition) is 3. The molecule has 1 amide bonds. The minimum Gasteiger partial charge on any atom is -0.393 e. The molecule has 1 rings (SSSR count). The molecule has 4 heteroatoms. The molecule has 15 heavy (non-hydrogen) atoms. The van der Waals surface area contributed by atoms with Crippen LogP contribution in [0.5, 0.6) is 0 Å². The molecular formula is C11H22N2O2. The molecule has 0 aromatic carbocycles. The maximum Gasteiger partial charge on any atom is 0.233 e. The van der Waals surface area contributed by atoms with Gasteiger partial charge in [0.15, 0.2) is 0 Å². The van der Waals surface area contributed by atoms with E-state index in [1.165, 1.54) is 12.8 Å². The maximum absolute atomic E-state index is 11.3. The first-order chi connectivity index (χ1) is 7.09. The lowest BCUT2D eigenvalue weighted by Gasteiger charge is -2.14. The van der Waals surface area contributed by atoms with Gasteiger partial charge in [0.05, 0.1) is 12.6 Å². The van der Waals surface area contributed by atoms with E-state index in [1.807, 2.05) is 13.8 Å². The minimum atomic E-state index is -0.318. The van der Waals surface area contributed by atoms with E-state index >= 15 is 0 Å². The van der Waals surface area contributed by atoms with E-state index < -0.39 is 0 Å². The third kappa shape index (κ3) is 5.74. The predicted octanol–water partition coefficient (Wildman–Crippen LogP) is 0.262. The lowest BCUT2D eigenvalue weighted by Crippen LogP contribution is -2.36. The number of rotatable bonds is 7. The predicted molar refractivity (Wildman–Crippen MR) is 59.5 cm³/mol. The lowest BCUT2D eigenvalue weighted by atomic mass is 10.0. The molecule has 3 N–H and O–H groups in total. The Hall–Kier alpha value is -0.610. The zero-order chi connectivity index (χ0) is 11.3. The summed E-state index contributed by atoms with van der Waals surface area (Å²) in [6, 6.07) is 0.567. The number of hydrogen-bond donors (Lipinski definition) is 3. The van der Waals surface area contributed by atoms with Gasteiger partial charge >= 0.3 is 0 Å². The molecule has 0 aromatic rings. The van der Waals surface area contributed by atoms with Crippen LogP contribution in [0, 0.1) is 5.92 Å². The Bertz CT molecular complexity index is 203. The van der Waals surface area contributed by atoms with Crippen molar-refractivity contribution in [2.75, 3.05) is 13.1 Å². The van der Waals surface area contributed by atoms with Crippen LogP contribution in [-0.4, -0.2) is 36.2 Å². The largest absolute Gasteiger partial charge is 0.393 e. The van der Waals surface area contributed by atoms with Crippen LogP contribution in [0.2, 0.25) is 0 Å². The van der Waals surface area contributed by atoms with Gasteiger partial charge in [-0.25, -0.2) is 0 Å². The summed E-state index contributed by atoms with van der Waals surface area (Å²) in [7, 11) is 0. The number of nitrogens with one attached hydrogen (secondary N) is 2. The summed E-state index contributed by atoms with van der Waals surface area (Å²) in [6.07, 6.45) is 2.70. The van der Waals surface area contributed by atoms with Crippen LogP contribution in [0.3, 0.4) is 0 Å². The maximum atomic E-state index is 11.3. The SMILES string of the molecule is CC(C)C(O)CCNC(=O)CNC1CC1. The highest BCUT2D eigenvalue weighted by atomic mass is 16.3. The summed E-state index contributed by atoms with van der Waals surface area (Å²) in [4.78, 5) is 11.3. The van der Waals surface area contributed by atoms with Gasteiger partial charge in [-0.05, 0) is 25.2 Å². The number of carbonyl (C=O) groups excluding carboxylic acids is 1. The second-order valence-electron chi connectivity index (χ2n) is 4.61. The van der Waals surface area contributed by atoms with Crippen LogP contribution in [0.25, 0.3) is 0 Å². The third-order valence-corrected chi connectivity index (χ3v) is 2.66. The average Bonchev–Trinajstić information content (AvgIpc) is 2.97. The highest BCUT2D eigenvalue weighted by Gasteiger charge is 2.21. The van der Waals surface area contributed by atoms with Crippen molar-refractivity contribution in [1.82, 2.24) is 10.6 Å². The van der Waals surface area contributed by atoms with Crippen molar-refractivity contribution >= 4 is 5.91 Å². The summed E-state index contributed by atoms with van der Waals surface area (Å²) < 4.78 is 0. The van der Waals surface area contributed by atoms with Crippen LogP contribution in [0.1, 0.15) is 33.1 Å². The Morgan fingerprint density at radius 3 is 2.67 bits per heavy atom. The molecule has 0 aliphatic heterocycles. The lowest BCUT2D eigenvalue weighted by molar-refractivity contribution is -0.120. The summed E-state index contributed by atoms with van der Waals surface area (Å²) in [5.41, 5.74) is 0. The number of carbonyl (C=O) groups is 1. The zero-order valence-corrected chi connectivity index (χ0v) is 9.62. The Kier molecular flexibility index (Phi) is 5.05. The van der Waals surface area contributed by atoms with Crippen LogP contribution >= 0.6 is 0 Å². The molecule has 0 aromatic heterocycles. The molecule has 1 aliphatic rings. The number of aliphatic hydroxyl groups excluding tert-OH is 1. The fourth-order valence-corrected chi connectivity index (χ4v) is 1.28. The Labute approximate surface area is 91.4 Å². The molecule has 1 aliphatic carbocycles. The van der Waals surface area contributed by atoms with Crippen molar-refractivity contribution < 1.29 is 9.90 Å². The van der Waals surface area contributed by atoms with Crippen LogP contribution < -0.4 is 10.6 Å². The average molecular weight is 214 g/mol. The molecule has 1 unspecified atom stereocenters. The quantitative estimate of drug-likeness (QED) is 0.570. The summed E-state index contributed by atoms with van der Waals surface area (Å²) in [5.74, 6) is 0.282. The van der Waals surface area contributed by atoms with Gasteiger partial charge in [-0.2, -0.15) is 0 Å². The van der Waals surface area contributed by atoms with Gasteiger partial charge in [-0.3, -0.25) is 4.79 Å². The van der Waals surface area contributed by atoms with Gasteiger partial charge in [-0.1, -0.05) is 13.8 Å². The van der Waals surface area contributed by atoms with Crippen LogP contribution in [0.15, 0.2) is 0 Å². The molecular weight excluding hydrogens is 192 g/mol. The van der Waals surface area contributed by atoms with Crippen LogP contribution in [0.4, 0.5) is 0 Å². The molecule has 88 valence electrons. The standard InChI is InChI=1S/C11H22N2O2/c1-8(2)10(14)5-6-12-11(15)7-13-9-3-4-9/h8-10,13-14H,3-7H2,1-2H3,(H,12,15). The smallest absolute Gasteiger partial charge is 0.233 e. The van der Waals surface area contributed by atoms with Crippen molar-refractivity contribution in [1.29, 1.82) is 0 Å². The summed E-state index contributed by atoms with van der Waals surface area (Å²) in [5, 5.41) is 15.4. The molecule has 1 atom stereocenters. The second kappa shape index (κ2) is 6.08. The van der Waals surface area contributed by atoms with E-state index in [4.69, 9.17) is 0 Å². The van der Waals surface area contributed by atoms with Gasteiger partial charge in [0.2, 0.25) is 5.91 Å². The Morgan fingerprint density at radius 2 is 2.13 bits per heavy atom. The van der Waals surface area contributed by atoms with E-state index in [0.717, 1.165) is 0 Å². The molecule has 1 saturated carbocycles. The normalized spacial score (nSPS) is 17.9. The van der Waals surface area contributed by atoms with E-state index in [0.29, 0.717) is 25.6 Å². The van der Waals surface area contributed by atoms with Crippen molar-refractivity contribution in [2.24, 2.45) is 5.92 Å². The first kappa shape index (κ1) is 12.5. The Morgan fingerprint density at radius 1 is 1.47 bits per heavy atom. The highest BCUT2D eigenvalue weighted by Crippen LogP contribution is 2.17. The van der Waals surface area contributed by atoms with Crippen molar-refractivity contribution in [3.63, 3.8) is 0 Å². The first-order valence-corrected chi connectivity index (χ1v) is 5.77. The van der Waals surface area contributed by atoms with E-state index in [-0.39, 0.29) is 17.9 Å². The van der Waals surface area contributed by atoms with Gasteiger partial charge in [-0.15, -0.1) is 0 Å². The molecule has 4 nitrogen and oxygen atoms in total. The molecule has 0 saturated heterocycles. The zero-order valence-electron chi connectivity index (χ0n) is 9.62. The van der Waals surface area contributed by atoms with Gasteiger partial charge < -0.3 is 15.7 Å². The first-order valence-electron chi connectivity index (χ1n) is 5.77. The minimum absolute atomic E-state index is 0.0258. The topological polar surface area (TPSA) is 61.4 Å². The fraction of sp³-hybridized carbons (Fsp3) is 0.909. The monoisotopic (exact) mass is 214 g/mol. The van der Waals surface area contributed by atoms with Gasteiger partial charge in [0, 0.05) is 12.6 Å². The summed E-state index contributed by atoms with van der Waals surface area (Å²) >= 11 is 0. The number of aliphatic hydroxyl groups is 1. The Balaban J connectivity index is 1.95. The van der Waals surface area contributed by atoms with Gasteiger partial charge in [0.1, 0.15) is 0 Å². The summed E-state index contributed by atoms with van der Waals surface area (Å²) in [6.45, 7) is 4.91. The number of amides is 1. The van der Waals surface area contributed by atoms with E-state index in [9.17, 15) is 9.90 Å². The molecule has 1 fully saturated rings. The van der Waals surface area contributed by atoms with Crippen molar-refractivity contribution in [3.05, 3.63) is 0 Å². The fourth-order valence-electron chi connectivity index (χ4n) is 1.28. The second-order valence-corrected chi connectivity index (χ2v) is 4.61. The highest BCUT2D eigenvalue weighted by molar-refractivity contribution is 5.78. The molecule has 0 bridgehead atoms. The van der Waals surface area contributed by atoms with E-state index in [2.05, 4.69) is 10.6 Å². The van der Waals surface area contributed by atoms with Crippen molar-refractivity contribution in [3.8, 4) is 0 Å². The third-order valence-electron chi connectivity index (χ3n) is 2.66. The molecule has 0 radical (unpaired) electrons. The van der Waals surface area contributed by atoms with Gasteiger partial charge in [0.25, 0.3) is 0 Å².